The van der Waals surface area contributed by atoms with Crippen LogP contribution in [-0.2, 0) is 9.53 Å². The molecule has 2 heterocycles. The third kappa shape index (κ3) is 6.55. The molecule has 9 heteroatoms. The topological polar surface area (TPSA) is 83.5 Å². The average molecular weight is 473 g/mol. The molecule has 1 aromatic carbocycles. The molecule has 8 nitrogen and oxygen atoms in total. The van der Waals surface area contributed by atoms with Crippen LogP contribution in [0.3, 0.4) is 0 Å². The zero-order valence-corrected chi connectivity index (χ0v) is 20.6. The minimum Gasteiger partial charge on any atom is -0.497 e. The zero-order chi connectivity index (χ0) is 24.0. The average Bonchev–Trinajstić information content (AvgIpc) is 3.45. The number of carbonyl (C=O) groups excluding carboxylic acids is 2. The van der Waals surface area contributed by atoms with Crippen molar-refractivity contribution >= 4 is 29.0 Å². The van der Waals surface area contributed by atoms with E-state index in [4.69, 9.17) is 9.47 Å². The van der Waals surface area contributed by atoms with Crippen molar-refractivity contribution in [1.29, 1.82) is 0 Å². The summed E-state index contributed by atoms with van der Waals surface area (Å²) in [6, 6.07) is 11.1. The van der Waals surface area contributed by atoms with Gasteiger partial charge in [-0.15, -0.1) is 11.3 Å². The van der Waals surface area contributed by atoms with E-state index in [-0.39, 0.29) is 24.5 Å². The Labute approximate surface area is 199 Å². The van der Waals surface area contributed by atoms with Gasteiger partial charge in [-0.3, -0.25) is 4.79 Å². The number of ether oxygens (including phenoxy) is 2. The number of nitrogens with zero attached hydrogens (tertiary/aromatic N) is 3. The number of urea groups is 1. The van der Waals surface area contributed by atoms with Gasteiger partial charge in [0.05, 0.1) is 30.3 Å². The molecule has 3 rings (SSSR count). The smallest absolute Gasteiger partial charge is 0.318 e. The van der Waals surface area contributed by atoms with Gasteiger partial charge >= 0.3 is 6.03 Å². The van der Waals surface area contributed by atoms with E-state index in [1.807, 2.05) is 62.5 Å². The number of methoxy groups -OCH3 is 2. The highest BCUT2D eigenvalue weighted by molar-refractivity contribution is 7.12. The minimum absolute atomic E-state index is 0.0981. The fourth-order valence-corrected chi connectivity index (χ4v) is 4.23. The third-order valence-electron chi connectivity index (χ3n) is 5.13. The molecule has 1 aromatic heterocycles. The second-order valence-electron chi connectivity index (χ2n) is 8.85. The first-order valence-corrected chi connectivity index (χ1v) is 11.7. The Morgan fingerprint density at radius 3 is 2.52 bits per heavy atom. The number of hydrogen-bond acceptors (Lipinski definition) is 6. The molecule has 0 aliphatic carbocycles. The van der Waals surface area contributed by atoms with E-state index in [1.54, 1.807) is 25.6 Å². The van der Waals surface area contributed by atoms with Crippen LogP contribution in [0.15, 0.2) is 46.9 Å². The predicted molar refractivity (Wildman–Crippen MR) is 130 cm³/mol. The first kappa shape index (κ1) is 24.7. The van der Waals surface area contributed by atoms with Gasteiger partial charge in [-0.25, -0.2) is 9.80 Å². The summed E-state index contributed by atoms with van der Waals surface area (Å²) >= 11 is 1.59. The summed E-state index contributed by atoms with van der Waals surface area (Å²) in [4.78, 5) is 28.8. The lowest BCUT2D eigenvalue weighted by Crippen LogP contribution is -2.52. The summed E-state index contributed by atoms with van der Waals surface area (Å²) < 4.78 is 10.4. The van der Waals surface area contributed by atoms with E-state index in [0.29, 0.717) is 19.6 Å². The number of hydrazone groups is 1. The standard InChI is InChI=1S/C24H32N4O4S/c1-24(2,3)25-23(30)27(12-13-31-4)16-22(29)28-20(17-8-10-18(32-5)11-9-17)15-19(26-28)21-7-6-14-33-21/h6-11,14,20H,12-13,15-16H2,1-5H3,(H,25,30)/t20-/m0/s1. The van der Waals surface area contributed by atoms with E-state index < -0.39 is 5.54 Å². The van der Waals surface area contributed by atoms with Crippen molar-refractivity contribution in [1.82, 2.24) is 15.2 Å². The number of amides is 3. The second kappa shape index (κ2) is 10.8. The van der Waals surface area contributed by atoms with Crippen LogP contribution in [0.2, 0.25) is 0 Å². The number of rotatable bonds is 8. The fourth-order valence-electron chi connectivity index (χ4n) is 3.51. The van der Waals surface area contributed by atoms with Crippen LogP contribution in [0.1, 0.15) is 43.7 Å². The van der Waals surface area contributed by atoms with Crippen molar-refractivity contribution in [2.45, 2.75) is 38.8 Å². The molecule has 1 atom stereocenters. The van der Waals surface area contributed by atoms with E-state index in [0.717, 1.165) is 21.9 Å². The zero-order valence-electron chi connectivity index (χ0n) is 19.8. The summed E-state index contributed by atoms with van der Waals surface area (Å²) in [7, 11) is 3.19. The van der Waals surface area contributed by atoms with Gasteiger partial charge in [0, 0.05) is 25.6 Å². The number of hydrogen-bond donors (Lipinski definition) is 1. The van der Waals surface area contributed by atoms with Crippen LogP contribution in [0.5, 0.6) is 5.75 Å². The van der Waals surface area contributed by atoms with Gasteiger partial charge in [0.1, 0.15) is 12.3 Å². The summed E-state index contributed by atoms with van der Waals surface area (Å²) in [5.74, 6) is 0.501. The molecule has 0 unspecified atom stereocenters. The summed E-state index contributed by atoms with van der Waals surface area (Å²) in [5, 5.41) is 11.1. The molecule has 0 bridgehead atoms. The van der Waals surface area contributed by atoms with Crippen molar-refractivity contribution in [2.75, 3.05) is 33.9 Å². The highest BCUT2D eigenvalue weighted by Crippen LogP contribution is 2.34. The molecule has 1 aliphatic rings. The molecule has 1 aliphatic heterocycles. The van der Waals surface area contributed by atoms with E-state index >= 15 is 0 Å². The maximum Gasteiger partial charge on any atom is 0.318 e. The van der Waals surface area contributed by atoms with Gasteiger partial charge in [-0.05, 0) is 49.9 Å². The molecule has 2 aromatic rings. The summed E-state index contributed by atoms with van der Waals surface area (Å²) in [5.41, 5.74) is 1.40. The first-order chi connectivity index (χ1) is 15.7. The number of benzene rings is 1. The second-order valence-corrected chi connectivity index (χ2v) is 9.80. The Morgan fingerprint density at radius 2 is 1.94 bits per heavy atom. The Kier molecular flexibility index (Phi) is 8.10. The molecule has 0 spiro atoms. The lowest BCUT2D eigenvalue weighted by molar-refractivity contribution is -0.133. The number of nitrogens with one attached hydrogen (secondary N) is 1. The van der Waals surface area contributed by atoms with Crippen molar-refractivity contribution in [2.24, 2.45) is 5.10 Å². The van der Waals surface area contributed by atoms with E-state index in [9.17, 15) is 9.59 Å². The van der Waals surface area contributed by atoms with Gasteiger partial charge in [-0.2, -0.15) is 5.10 Å². The first-order valence-electron chi connectivity index (χ1n) is 10.8. The maximum atomic E-state index is 13.4. The van der Waals surface area contributed by atoms with Crippen LogP contribution >= 0.6 is 11.3 Å². The SMILES string of the molecule is COCCN(CC(=O)N1N=C(c2cccs2)C[C@H]1c1ccc(OC)cc1)C(=O)NC(C)(C)C. The Bertz CT molecular complexity index is 967. The molecule has 33 heavy (non-hydrogen) atoms. The Balaban J connectivity index is 1.85. The molecule has 0 saturated carbocycles. The fraction of sp³-hybridized carbons (Fsp3) is 0.458. The normalized spacial score (nSPS) is 15.8. The van der Waals surface area contributed by atoms with Gasteiger partial charge in [0.15, 0.2) is 0 Å². The lowest BCUT2D eigenvalue weighted by Gasteiger charge is -2.30. The van der Waals surface area contributed by atoms with E-state index in [1.165, 1.54) is 9.91 Å². The Hall–Kier alpha value is -2.91. The van der Waals surface area contributed by atoms with Crippen molar-refractivity contribution in [3.8, 4) is 5.75 Å². The van der Waals surface area contributed by atoms with Crippen LogP contribution in [0, 0.1) is 0 Å². The van der Waals surface area contributed by atoms with E-state index in [2.05, 4.69) is 10.4 Å². The highest BCUT2D eigenvalue weighted by atomic mass is 32.1. The van der Waals surface area contributed by atoms with Crippen LogP contribution in [0.4, 0.5) is 4.79 Å². The molecule has 0 radical (unpaired) electrons. The van der Waals surface area contributed by atoms with Gasteiger partial charge in [0.2, 0.25) is 0 Å². The number of carbonyl (C=O) groups is 2. The van der Waals surface area contributed by atoms with Crippen molar-refractivity contribution in [3.63, 3.8) is 0 Å². The lowest BCUT2D eigenvalue weighted by atomic mass is 10.0. The van der Waals surface area contributed by atoms with Gasteiger partial charge in [-0.1, -0.05) is 18.2 Å². The third-order valence-corrected chi connectivity index (χ3v) is 6.05. The molecule has 0 saturated heterocycles. The highest BCUT2D eigenvalue weighted by Gasteiger charge is 2.35. The molecule has 178 valence electrons. The monoisotopic (exact) mass is 472 g/mol. The van der Waals surface area contributed by atoms with Crippen molar-refractivity contribution in [3.05, 3.63) is 52.2 Å². The minimum atomic E-state index is -0.421. The quantitative estimate of drug-likeness (QED) is 0.632. The summed E-state index contributed by atoms with van der Waals surface area (Å²) in [6.07, 6.45) is 0.602. The molecular formula is C24H32N4O4S. The van der Waals surface area contributed by atoms with Crippen LogP contribution < -0.4 is 10.1 Å². The summed E-state index contributed by atoms with van der Waals surface area (Å²) in [6.45, 7) is 6.24. The molecule has 0 fully saturated rings. The van der Waals surface area contributed by atoms with Gasteiger partial charge < -0.3 is 19.7 Å². The van der Waals surface area contributed by atoms with Gasteiger partial charge in [0.25, 0.3) is 5.91 Å². The van der Waals surface area contributed by atoms with Crippen molar-refractivity contribution < 1.29 is 19.1 Å². The Morgan fingerprint density at radius 1 is 1.21 bits per heavy atom. The number of thiophene rings is 1. The molecule has 1 N–H and O–H groups in total. The van der Waals surface area contributed by atoms with Crippen LogP contribution in [0.25, 0.3) is 0 Å². The molecule has 3 amide bonds. The van der Waals surface area contributed by atoms with Crippen LogP contribution in [-0.4, -0.2) is 67.0 Å². The molecular weight excluding hydrogens is 440 g/mol. The predicted octanol–water partition coefficient (Wildman–Crippen LogP) is 3.89. The maximum absolute atomic E-state index is 13.4. The largest absolute Gasteiger partial charge is 0.497 e.